The van der Waals surface area contributed by atoms with Gasteiger partial charge in [-0.3, -0.25) is 0 Å². The van der Waals surface area contributed by atoms with Crippen LogP contribution in [-0.2, 0) is 4.74 Å². The van der Waals surface area contributed by atoms with Crippen molar-refractivity contribution in [2.24, 2.45) is 5.41 Å². The highest BCUT2D eigenvalue weighted by Crippen LogP contribution is 2.34. The SMILES string of the molecule is CC[C@@H](NNc1ccc(Br)c(OCCOC)c1C)C(C)(C)C. The van der Waals surface area contributed by atoms with Crippen LogP contribution in [0.1, 0.15) is 39.7 Å². The molecule has 4 nitrogen and oxygen atoms in total. The van der Waals surface area contributed by atoms with Crippen LogP contribution in [0.2, 0.25) is 0 Å². The Labute approximate surface area is 143 Å². The van der Waals surface area contributed by atoms with Crippen molar-refractivity contribution in [1.82, 2.24) is 5.43 Å². The molecule has 0 aliphatic carbocycles. The van der Waals surface area contributed by atoms with E-state index in [1.807, 2.05) is 12.1 Å². The molecule has 0 radical (unpaired) electrons. The van der Waals surface area contributed by atoms with Gasteiger partial charge in [-0.1, -0.05) is 27.7 Å². The van der Waals surface area contributed by atoms with Gasteiger partial charge in [0.1, 0.15) is 12.4 Å². The summed E-state index contributed by atoms with van der Waals surface area (Å²) in [7, 11) is 1.67. The van der Waals surface area contributed by atoms with Crippen molar-refractivity contribution >= 4 is 21.6 Å². The summed E-state index contributed by atoms with van der Waals surface area (Å²) in [4.78, 5) is 0. The second-order valence-corrected chi connectivity index (χ2v) is 7.34. The number of nitrogens with one attached hydrogen (secondary N) is 2. The van der Waals surface area contributed by atoms with Crippen molar-refractivity contribution in [3.8, 4) is 5.75 Å². The first-order valence-corrected chi connectivity index (χ1v) is 8.53. The summed E-state index contributed by atoms with van der Waals surface area (Å²) in [6, 6.07) is 4.43. The van der Waals surface area contributed by atoms with Crippen molar-refractivity contribution in [3.05, 3.63) is 22.2 Å². The van der Waals surface area contributed by atoms with Crippen molar-refractivity contribution < 1.29 is 9.47 Å². The van der Waals surface area contributed by atoms with Crippen LogP contribution in [-0.4, -0.2) is 26.4 Å². The fraction of sp³-hybridized carbons (Fsp3) is 0.647. The van der Waals surface area contributed by atoms with E-state index in [9.17, 15) is 0 Å². The highest BCUT2D eigenvalue weighted by atomic mass is 79.9. The number of benzene rings is 1. The van der Waals surface area contributed by atoms with Gasteiger partial charge in [0.2, 0.25) is 0 Å². The summed E-state index contributed by atoms with van der Waals surface area (Å²) in [5, 5.41) is 0. The average Bonchev–Trinajstić information content (AvgIpc) is 2.44. The molecule has 0 fully saturated rings. The molecule has 0 aliphatic heterocycles. The molecule has 5 heteroatoms. The number of anilines is 1. The Morgan fingerprint density at radius 3 is 2.45 bits per heavy atom. The van der Waals surface area contributed by atoms with Crippen LogP contribution < -0.4 is 15.6 Å². The Bertz CT molecular complexity index is 472. The fourth-order valence-electron chi connectivity index (χ4n) is 2.29. The van der Waals surface area contributed by atoms with Crippen LogP contribution in [0.25, 0.3) is 0 Å². The molecule has 0 saturated heterocycles. The minimum atomic E-state index is 0.197. The molecule has 0 amide bonds. The third-order valence-electron chi connectivity index (χ3n) is 3.73. The van der Waals surface area contributed by atoms with E-state index in [0.29, 0.717) is 19.3 Å². The summed E-state index contributed by atoms with van der Waals surface area (Å²) >= 11 is 3.54. The van der Waals surface area contributed by atoms with E-state index in [0.717, 1.165) is 27.9 Å². The molecule has 0 spiro atoms. The van der Waals surface area contributed by atoms with Crippen molar-refractivity contribution in [3.63, 3.8) is 0 Å². The summed E-state index contributed by atoms with van der Waals surface area (Å²) in [6.07, 6.45) is 1.06. The molecule has 0 bridgehead atoms. The number of hydrazine groups is 1. The second kappa shape index (κ2) is 8.75. The first-order chi connectivity index (χ1) is 10.3. The van der Waals surface area contributed by atoms with Gasteiger partial charge >= 0.3 is 0 Å². The van der Waals surface area contributed by atoms with E-state index in [2.05, 4.69) is 61.4 Å². The first kappa shape index (κ1) is 19.3. The molecule has 0 aliphatic rings. The van der Waals surface area contributed by atoms with Crippen LogP contribution in [0.15, 0.2) is 16.6 Å². The van der Waals surface area contributed by atoms with Gasteiger partial charge < -0.3 is 14.9 Å². The minimum absolute atomic E-state index is 0.197. The van der Waals surface area contributed by atoms with Crippen LogP contribution in [0.5, 0.6) is 5.75 Å². The molecule has 2 N–H and O–H groups in total. The third-order valence-corrected chi connectivity index (χ3v) is 4.35. The van der Waals surface area contributed by atoms with Gasteiger partial charge in [0, 0.05) is 18.7 Å². The highest BCUT2D eigenvalue weighted by molar-refractivity contribution is 9.10. The van der Waals surface area contributed by atoms with Crippen LogP contribution in [0.3, 0.4) is 0 Å². The van der Waals surface area contributed by atoms with E-state index in [-0.39, 0.29) is 5.41 Å². The van der Waals surface area contributed by atoms with Crippen LogP contribution >= 0.6 is 15.9 Å². The van der Waals surface area contributed by atoms with E-state index < -0.39 is 0 Å². The molecule has 0 unspecified atom stereocenters. The fourth-order valence-corrected chi connectivity index (χ4v) is 2.84. The zero-order valence-electron chi connectivity index (χ0n) is 14.5. The van der Waals surface area contributed by atoms with Crippen molar-refractivity contribution in [2.75, 3.05) is 25.7 Å². The van der Waals surface area contributed by atoms with Gasteiger partial charge in [0.15, 0.2) is 0 Å². The van der Waals surface area contributed by atoms with Gasteiger partial charge in [-0.15, -0.1) is 0 Å². The Kier molecular flexibility index (Phi) is 7.66. The minimum Gasteiger partial charge on any atom is -0.490 e. The van der Waals surface area contributed by atoms with Gasteiger partial charge in [0.05, 0.1) is 16.8 Å². The van der Waals surface area contributed by atoms with Crippen molar-refractivity contribution in [2.45, 2.75) is 47.1 Å². The Balaban J connectivity index is 2.81. The predicted molar refractivity (Wildman–Crippen MR) is 96.5 cm³/mol. The summed E-state index contributed by atoms with van der Waals surface area (Å²) < 4.78 is 11.8. The number of halogens is 1. The van der Waals surface area contributed by atoms with Gasteiger partial charge in [-0.05, 0) is 46.8 Å². The lowest BCUT2D eigenvalue weighted by molar-refractivity contribution is 0.145. The lowest BCUT2D eigenvalue weighted by Crippen LogP contribution is -2.43. The third kappa shape index (κ3) is 5.45. The number of rotatable bonds is 8. The topological polar surface area (TPSA) is 42.5 Å². The molecular weight excluding hydrogens is 344 g/mol. The zero-order chi connectivity index (χ0) is 16.8. The van der Waals surface area contributed by atoms with Gasteiger partial charge in [0.25, 0.3) is 0 Å². The molecule has 1 atom stereocenters. The number of methoxy groups -OCH3 is 1. The number of hydrogen-bond donors (Lipinski definition) is 2. The lowest BCUT2D eigenvalue weighted by Gasteiger charge is -2.31. The summed E-state index contributed by atoms with van der Waals surface area (Å²) in [5.74, 6) is 0.854. The Morgan fingerprint density at radius 1 is 1.23 bits per heavy atom. The summed E-state index contributed by atoms with van der Waals surface area (Å²) in [5.41, 5.74) is 9.08. The molecule has 0 saturated carbocycles. The van der Waals surface area contributed by atoms with E-state index >= 15 is 0 Å². The predicted octanol–water partition coefficient (Wildman–Crippen LogP) is 4.52. The Hall–Kier alpha value is -0.780. The van der Waals surface area contributed by atoms with Gasteiger partial charge in [-0.2, -0.15) is 0 Å². The summed E-state index contributed by atoms with van der Waals surface area (Å²) in [6.45, 7) is 12.1. The zero-order valence-corrected chi connectivity index (χ0v) is 16.1. The maximum Gasteiger partial charge on any atom is 0.138 e. The number of ether oxygens (including phenoxy) is 2. The van der Waals surface area contributed by atoms with Gasteiger partial charge in [-0.25, -0.2) is 5.43 Å². The number of hydrogen-bond acceptors (Lipinski definition) is 4. The lowest BCUT2D eigenvalue weighted by atomic mass is 9.86. The maximum atomic E-state index is 5.81. The Morgan fingerprint density at radius 2 is 1.91 bits per heavy atom. The normalized spacial score (nSPS) is 13.0. The molecule has 1 aromatic carbocycles. The quantitative estimate of drug-likeness (QED) is 0.519. The maximum absolute atomic E-state index is 5.81. The van der Waals surface area contributed by atoms with Crippen molar-refractivity contribution in [1.29, 1.82) is 0 Å². The molecule has 126 valence electrons. The van der Waals surface area contributed by atoms with E-state index in [1.165, 1.54) is 0 Å². The van der Waals surface area contributed by atoms with Crippen LogP contribution in [0, 0.1) is 12.3 Å². The molecule has 0 heterocycles. The molecule has 1 rings (SSSR count). The molecule has 0 aromatic heterocycles. The standard InChI is InChI=1S/C17H29BrN2O2/c1-7-15(17(3,4)5)20-19-14-9-8-13(18)16(12(14)2)22-11-10-21-6/h8-9,15,19-20H,7,10-11H2,1-6H3/t15-/m1/s1. The highest BCUT2D eigenvalue weighted by Gasteiger charge is 2.22. The smallest absolute Gasteiger partial charge is 0.138 e. The molecular formula is C17H29BrN2O2. The largest absolute Gasteiger partial charge is 0.490 e. The first-order valence-electron chi connectivity index (χ1n) is 7.73. The monoisotopic (exact) mass is 372 g/mol. The van der Waals surface area contributed by atoms with Crippen LogP contribution in [0.4, 0.5) is 5.69 Å². The van der Waals surface area contributed by atoms with E-state index in [1.54, 1.807) is 7.11 Å². The average molecular weight is 373 g/mol. The van der Waals surface area contributed by atoms with E-state index in [4.69, 9.17) is 9.47 Å². The second-order valence-electron chi connectivity index (χ2n) is 6.49. The molecule has 1 aromatic rings. The molecule has 22 heavy (non-hydrogen) atoms.